The molecule has 8 bridgehead atoms. The number of hydrogen-bond acceptors (Lipinski definition) is 6. The van der Waals surface area contributed by atoms with Crippen LogP contribution in [0.5, 0.6) is 0 Å². The number of esters is 1. The molecule has 6 rings (SSSR count). The minimum atomic E-state index is -1.16. The fourth-order valence-corrected chi connectivity index (χ4v) is 7.57. The third kappa shape index (κ3) is 4.43. The number of fused-ring (bicyclic) bond motifs is 7. The van der Waals surface area contributed by atoms with Crippen LogP contribution >= 0.6 is 0 Å². The molecule has 9 heteroatoms. The Morgan fingerprint density at radius 3 is 2.39 bits per heavy atom. The zero-order chi connectivity index (χ0) is 31.6. The van der Waals surface area contributed by atoms with Crippen molar-refractivity contribution >= 4 is 41.7 Å². The van der Waals surface area contributed by atoms with Crippen molar-refractivity contribution in [2.24, 2.45) is 22.7 Å². The first kappa shape index (κ1) is 29.7. The molecular weight excluding hydrogens is 556 g/mol. The predicted molar refractivity (Wildman–Crippen MR) is 169 cm³/mol. The number of allylic oxidation sites excluding steroid dienone is 3. The number of ether oxygens (including phenoxy) is 1. The largest absolute Gasteiger partial charge is 0.481 e. The van der Waals surface area contributed by atoms with Crippen LogP contribution in [0.2, 0.25) is 0 Å². The molecule has 1 saturated carbocycles. The van der Waals surface area contributed by atoms with Crippen molar-refractivity contribution in [3.05, 3.63) is 72.5 Å². The molecule has 1 aliphatic carbocycles. The van der Waals surface area contributed by atoms with Crippen molar-refractivity contribution in [1.82, 2.24) is 15.3 Å². The summed E-state index contributed by atoms with van der Waals surface area (Å²) in [5, 5.41) is 15.2. The van der Waals surface area contributed by atoms with E-state index < -0.39 is 17.9 Å². The van der Waals surface area contributed by atoms with E-state index in [2.05, 4.69) is 68.1 Å². The van der Waals surface area contributed by atoms with Crippen LogP contribution in [0.15, 0.2) is 33.1 Å². The lowest BCUT2D eigenvalue weighted by Gasteiger charge is -2.19. The van der Waals surface area contributed by atoms with Gasteiger partial charge in [0.25, 0.3) is 0 Å². The number of aromatic amines is 2. The molecule has 230 valence electrons. The highest BCUT2D eigenvalue weighted by atomic mass is 16.5. The molecule has 2 fully saturated rings. The number of carbonyl (C=O) groups excluding carboxylic acids is 2. The number of carbonyl (C=O) groups is 3. The average Bonchev–Trinajstić information content (AvgIpc) is 3.72. The van der Waals surface area contributed by atoms with Crippen LogP contribution in [0.4, 0.5) is 0 Å². The summed E-state index contributed by atoms with van der Waals surface area (Å²) in [5.41, 5.74) is 10.6. The molecule has 1 saturated heterocycles. The zero-order valence-corrected chi connectivity index (χ0v) is 26.4. The number of aliphatic imine (C=N–C) groups is 1. The monoisotopic (exact) mass is 596 g/mol. The quantitative estimate of drug-likeness (QED) is 0.298. The lowest BCUT2D eigenvalue weighted by molar-refractivity contribution is -0.146. The Morgan fingerprint density at radius 1 is 1.00 bits per heavy atom. The molecule has 2 aromatic heterocycles. The summed E-state index contributed by atoms with van der Waals surface area (Å²) in [6, 6.07) is -0.390. The van der Waals surface area contributed by atoms with Crippen LogP contribution in [0.3, 0.4) is 0 Å². The molecule has 0 amide bonds. The number of rotatable bonds is 6. The van der Waals surface area contributed by atoms with Gasteiger partial charge < -0.3 is 25.1 Å². The maximum atomic E-state index is 14.0. The SMILES string of the molecule is CCc1c2[nH]c(c1C)C=C1NC(=C3C4=NC(C=c5[nH]c(c(C)c5CC)=C2)C(C)=C4C(=O)[C@H]3C(=O)OC)[C@H](CCC(=O)O)[C@H]1C. The Bertz CT molecular complexity index is 1880. The maximum Gasteiger partial charge on any atom is 0.321 e. The third-order valence-electron chi connectivity index (χ3n) is 10.1. The number of H-pyrrole nitrogens is 2. The van der Waals surface area contributed by atoms with Crippen LogP contribution < -0.4 is 16.0 Å². The van der Waals surface area contributed by atoms with E-state index in [0.29, 0.717) is 29.0 Å². The number of carboxylic acids is 1. The van der Waals surface area contributed by atoms with Gasteiger partial charge in [-0.1, -0.05) is 20.8 Å². The average molecular weight is 597 g/mol. The number of ketones is 1. The summed E-state index contributed by atoms with van der Waals surface area (Å²) in [4.78, 5) is 51.4. The van der Waals surface area contributed by atoms with Crippen LogP contribution in [0.25, 0.3) is 18.2 Å². The van der Waals surface area contributed by atoms with E-state index in [9.17, 15) is 19.5 Å². The Labute approximate surface area is 256 Å². The molecule has 9 nitrogen and oxygen atoms in total. The second-order valence-corrected chi connectivity index (χ2v) is 12.3. The summed E-state index contributed by atoms with van der Waals surface area (Å²) in [5.74, 6) is -3.37. The first-order valence-electron chi connectivity index (χ1n) is 15.5. The molecule has 5 heterocycles. The summed E-state index contributed by atoms with van der Waals surface area (Å²) in [6.07, 6.45) is 8.33. The van der Waals surface area contributed by atoms with Crippen LogP contribution in [-0.2, 0) is 32.0 Å². The first-order valence-corrected chi connectivity index (χ1v) is 15.5. The Balaban J connectivity index is 1.71. The molecule has 0 spiro atoms. The van der Waals surface area contributed by atoms with Gasteiger partial charge >= 0.3 is 11.9 Å². The molecule has 2 aromatic rings. The molecule has 3 aliphatic heterocycles. The summed E-state index contributed by atoms with van der Waals surface area (Å²) >= 11 is 0. The number of Topliss-reactive ketones (excluding diaryl/α,β-unsaturated/α-hetero) is 1. The zero-order valence-electron chi connectivity index (χ0n) is 26.4. The molecule has 4 atom stereocenters. The molecule has 4 aliphatic rings. The molecule has 1 unspecified atom stereocenters. The normalized spacial score (nSPS) is 23.8. The van der Waals surface area contributed by atoms with Gasteiger partial charge in [-0.05, 0) is 86.1 Å². The summed E-state index contributed by atoms with van der Waals surface area (Å²) in [7, 11) is 1.29. The lowest BCUT2D eigenvalue weighted by atomic mass is 9.85. The number of aliphatic carboxylic acids is 1. The smallest absolute Gasteiger partial charge is 0.321 e. The van der Waals surface area contributed by atoms with Crippen molar-refractivity contribution in [2.45, 2.75) is 73.3 Å². The van der Waals surface area contributed by atoms with E-state index in [4.69, 9.17) is 9.73 Å². The van der Waals surface area contributed by atoms with E-state index in [1.807, 2.05) is 6.92 Å². The molecular formula is C35H40N4O5. The van der Waals surface area contributed by atoms with E-state index in [1.54, 1.807) is 0 Å². The van der Waals surface area contributed by atoms with Crippen LogP contribution in [0.1, 0.15) is 74.2 Å². The Morgan fingerprint density at radius 2 is 1.73 bits per heavy atom. The predicted octanol–water partition coefficient (Wildman–Crippen LogP) is 3.53. The highest BCUT2D eigenvalue weighted by Crippen LogP contribution is 2.46. The van der Waals surface area contributed by atoms with E-state index in [1.165, 1.54) is 23.8 Å². The van der Waals surface area contributed by atoms with Gasteiger partial charge in [-0.25, -0.2) is 0 Å². The van der Waals surface area contributed by atoms with Gasteiger partial charge in [0, 0.05) is 62.9 Å². The van der Waals surface area contributed by atoms with Gasteiger partial charge in [-0.15, -0.1) is 0 Å². The second kappa shape index (κ2) is 10.9. The number of nitrogens with one attached hydrogen (secondary N) is 3. The Hall–Kier alpha value is -4.40. The van der Waals surface area contributed by atoms with Gasteiger partial charge in [-0.2, -0.15) is 0 Å². The highest BCUT2D eigenvalue weighted by Gasteiger charge is 2.52. The van der Waals surface area contributed by atoms with Crippen molar-refractivity contribution in [1.29, 1.82) is 0 Å². The van der Waals surface area contributed by atoms with Crippen molar-refractivity contribution < 1.29 is 24.2 Å². The first-order chi connectivity index (χ1) is 21.0. The van der Waals surface area contributed by atoms with Gasteiger partial charge in [0.2, 0.25) is 0 Å². The minimum Gasteiger partial charge on any atom is -0.481 e. The standard InChI is InChI=1S/C35H40N4O5/c1-8-19-15(3)22-12-24-17(5)21(10-11-28(40)41)32(38-24)30-31(35(43)44-7)34(42)29-18(6)25(39-33(29)30)14-27-20(9-2)16(4)23(37-27)13-26(19)36-22/h12-14,17,21,25,31,36-38H,8-11H2,1-7H3,(H,40,41)/t17-,21-,25?,31+/m1/s1. The molecule has 0 radical (unpaired) electrons. The van der Waals surface area contributed by atoms with Gasteiger partial charge in [0.05, 0.1) is 18.9 Å². The van der Waals surface area contributed by atoms with E-state index >= 15 is 0 Å². The maximum absolute atomic E-state index is 14.0. The summed E-state index contributed by atoms with van der Waals surface area (Å²) < 4.78 is 5.15. The number of hydrogen-bond donors (Lipinski definition) is 4. The topological polar surface area (TPSA) is 137 Å². The Kier molecular flexibility index (Phi) is 7.38. The van der Waals surface area contributed by atoms with Gasteiger partial charge in [0.15, 0.2) is 5.78 Å². The fourth-order valence-electron chi connectivity index (χ4n) is 7.57. The summed E-state index contributed by atoms with van der Waals surface area (Å²) in [6.45, 7) is 12.5. The van der Waals surface area contributed by atoms with Gasteiger partial charge in [-0.3, -0.25) is 19.4 Å². The van der Waals surface area contributed by atoms with Gasteiger partial charge in [0.1, 0.15) is 5.92 Å². The van der Waals surface area contributed by atoms with Crippen LogP contribution in [0, 0.1) is 31.6 Å². The fraction of sp³-hybridized carbons (Fsp3) is 0.429. The van der Waals surface area contributed by atoms with E-state index in [-0.39, 0.29) is 30.1 Å². The third-order valence-corrected chi connectivity index (χ3v) is 10.1. The highest BCUT2D eigenvalue weighted by molar-refractivity contribution is 6.42. The number of aromatic nitrogens is 2. The molecule has 0 aromatic carbocycles. The molecule has 4 N–H and O–H groups in total. The minimum absolute atomic E-state index is 0.0448. The van der Waals surface area contributed by atoms with Crippen LogP contribution in [-0.4, -0.2) is 51.7 Å². The van der Waals surface area contributed by atoms with E-state index in [0.717, 1.165) is 51.8 Å². The second-order valence-electron chi connectivity index (χ2n) is 12.3. The molecule has 44 heavy (non-hydrogen) atoms. The van der Waals surface area contributed by atoms with Crippen molar-refractivity contribution in [3.8, 4) is 0 Å². The number of nitrogens with zero attached hydrogens (tertiary/aromatic N) is 1. The number of methoxy groups -OCH3 is 1. The van der Waals surface area contributed by atoms with Crippen molar-refractivity contribution in [2.75, 3.05) is 7.11 Å². The number of carboxylic acid groups (broad SMARTS) is 1. The van der Waals surface area contributed by atoms with Crippen molar-refractivity contribution in [3.63, 3.8) is 0 Å². The lowest BCUT2D eigenvalue weighted by Crippen LogP contribution is -2.27.